The Labute approximate surface area is 188 Å². The van der Waals surface area contributed by atoms with E-state index in [-0.39, 0.29) is 23.3 Å². The van der Waals surface area contributed by atoms with Crippen molar-refractivity contribution in [1.82, 2.24) is 20.0 Å². The van der Waals surface area contributed by atoms with Crippen LogP contribution in [0.3, 0.4) is 0 Å². The average Bonchev–Trinajstić information content (AvgIpc) is 3.07. The van der Waals surface area contributed by atoms with Crippen molar-refractivity contribution in [2.24, 2.45) is 5.41 Å². The van der Waals surface area contributed by atoms with E-state index in [1.165, 1.54) is 0 Å². The number of rotatable bonds is 6. The lowest BCUT2D eigenvalue weighted by Gasteiger charge is -2.58. The highest BCUT2D eigenvalue weighted by atomic mass is 16.5. The van der Waals surface area contributed by atoms with E-state index in [1.54, 1.807) is 23.6 Å². The molecule has 2 aliphatic rings. The number of aromatic nitrogens is 2. The summed E-state index contributed by atoms with van der Waals surface area (Å²) in [5.74, 6) is 6.03. The van der Waals surface area contributed by atoms with Gasteiger partial charge in [-0.1, -0.05) is 12.8 Å². The molecule has 1 saturated carbocycles. The van der Waals surface area contributed by atoms with Gasteiger partial charge in [0.25, 0.3) is 11.8 Å². The molecular formula is C24H29N5O3. The molecule has 168 valence electrons. The Morgan fingerprint density at radius 2 is 1.97 bits per heavy atom. The predicted octanol–water partition coefficient (Wildman–Crippen LogP) is 2.47. The Hall–Kier alpha value is -3.47. The first-order chi connectivity index (χ1) is 15.4. The summed E-state index contributed by atoms with van der Waals surface area (Å²) in [6.07, 6.45) is 2.68. The second-order valence-corrected chi connectivity index (χ2v) is 8.60. The minimum Gasteiger partial charge on any atom is -0.494 e. The summed E-state index contributed by atoms with van der Waals surface area (Å²) in [5.41, 5.74) is 8.29. The molecule has 8 heteroatoms. The minimum absolute atomic E-state index is 0.105. The Morgan fingerprint density at radius 3 is 2.56 bits per heavy atom. The van der Waals surface area contributed by atoms with Crippen molar-refractivity contribution in [2.45, 2.75) is 39.2 Å². The van der Waals surface area contributed by atoms with Crippen LogP contribution in [0.4, 0.5) is 5.82 Å². The lowest BCUT2D eigenvalue weighted by atomic mass is 9.60. The molecule has 32 heavy (non-hydrogen) atoms. The first kappa shape index (κ1) is 21.8. The fraction of sp³-hybridized carbons (Fsp3) is 0.458. The number of nitrogens with one attached hydrogen (secondary N) is 1. The number of amides is 2. The molecule has 0 atom stereocenters. The van der Waals surface area contributed by atoms with Crippen LogP contribution in [0.2, 0.25) is 0 Å². The van der Waals surface area contributed by atoms with E-state index < -0.39 is 0 Å². The molecule has 1 aromatic heterocycles. The van der Waals surface area contributed by atoms with Crippen molar-refractivity contribution in [3.63, 3.8) is 0 Å². The van der Waals surface area contributed by atoms with Gasteiger partial charge in [-0.3, -0.25) is 9.59 Å². The smallest absolute Gasteiger partial charge is 0.298 e. The molecular weight excluding hydrogens is 406 g/mol. The summed E-state index contributed by atoms with van der Waals surface area (Å²) < 4.78 is 7.44. The second-order valence-electron chi connectivity index (χ2n) is 8.60. The summed E-state index contributed by atoms with van der Waals surface area (Å²) in [4.78, 5) is 26.3. The summed E-state index contributed by atoms with van der Waals surface area (Å²) in [7, 11) is 1.59. The van der Waals surface area contributed by atoms with Crippen LogP contribution >= 0.6 is 0 Å². The molecule has 8 nitrogen and oxygen atoms in total. The third-order valence-corrected chi connectivity index (χ3v) is 6.26. The highest BCUT2D eigenvalue weighted by Gasteiger charge is 2.54. The van der Waals surface area contributed by atoms with E-state index in [9.17, 15) is 9.59 Å². The van der Waals surface area contributed by atoms with Crippen molar-refractivity contribution < 1.29 is 14.3 Å². The molecule has 2 heterocycles. The van der Waals surface area contributed by atoms with Gasteiger partial charge in [0.1, 0.15) is 22.8 Å². The Balaban J connectivity index is 1.54. The van der Waals surface area contributed by atoms with E-state index in [1.807, 2.05) is 24.3 Å². The van der Waals surface area contributed by atoms with Crippen LogP contribution in [-0.2, 0) is 4.79 Å². The van der Waals surface area contributed by atoms with Crippen molar-refractivity contribution in [3.8, 4) is 28.8 Å². The maximum absolute atomic E-state index is 12.6. The zero-order valence-electron chi connectivity index (χ0n) is 18.8. The number of nitrogens with zero attached hydrogens (tertiary/aromatic N) is 3. The summed E-state index contributed by atoms with van der Waals surface area (Å²) in [5, 5.41) is 7.43. The van der Waals surface area contributed by atoms with Gasteiger partial charge in [0.05, 0.1) is 12.6 Å². The fourth-order valence-corrected chi connectivity index (χ4v) is 4.67. The number of anilines is 1. The third kappa shape index (κ3) is 3.79. The maximum Gasteiger partial charge on any atom is 0.298 e. The first-order valence-electron chi connectivity index (χ1n) is 11.0. The zero-order chi connectivity index (χ0) is 22.9. The van der Waals surface area contributed by atoms with Gasteiger partial charge in [0.2, 0.25) is 0 Å². The number of carbonyl (C=O) groups excluding carboxylic acids is 2. The lowest BCUT2D eigenvalue weighted by molar-refractivity contribution is -0.148. The number of ether oxygens (including phenoxy) is 1. The average molecular weight is 436 g/mol. The van der Waals surface area contributed by atoms with Crippen LogP contribution in [0.5, 0.6) is 5.75 Å². The van der Waals surface area contributed by atoms with Crippen LogP contribution in [0.25, 0.3) is 11.3 Å². The Morgan fingerprint density at radius 1 is 1.28 bits per heavy atom. The van der Waals surface area contributed by atoms with E-state index in [2.05, 4.69) is 24.1 Å². The Bertz CT molecular complexity index is 1080. The molecule has 2 aromatic rings. The van der Waals surface area contributed by atoms with Gasteiger partial charge in [0.15, 0.2) is 0 Å². The number of likely N-dealkylation sites (tertiary alicyclic amines) is 1. The minimum atomic E-state index is -0.261. The summed E-state index contributed by atoms with van der Waals surface area (Å²) in [6, 6.07) is 7.66. The number of hydrogen-bond donors (Lipinski definition) is 2. The van der Waals surface area contributed by atoms with Crippen LogP contribution < -0.4 is 15.8 Å². The van der Waals surface area contributed by atoms with Gasteiger partial charge < -0.3 is 20.7 Å². The van der Waals surface area contributed by atoms with Gasteiger partial charge in [-0.15, -0.1) is 0 Å². The molecule has 2 amide bonds. The second kappa shape index (κ2) is 8.58. The third-order valence-electron chi connectivity index (χ3n) is 6.26. The van der Waals surface area contributed by atoms with Crippen molar-refractivity contribution in [2.75, 3.05) is 32.5 Å². The quantitative estimate of drug-likeness (QED) is 0.679. The van der Waals surface area contributed by atoms with Gasteiger partial charge in [-0.05, 0) is 56.4 Å². The summed E-state index contributed by atoms with van der Waals surface area (Å²) >= 11 is 0. The fourth-order valence-electron chi connectivity index (χ4n) is 4.67. The zero-order valence-corrected chi connectivity index (χ0v) is 18.8. The van der Waals surface area contributed by atoms with Crippen LogP contribution in [0.15, 0.2) is 24.3 Å². The molecule has 1 aliphatic heterocycles. The van der Waals surface area contributed by atoms with E-state index in [4.69, 9.17) is 15.6 Å². The normalized spacial score (nSPS) is 16.5. The molecule has 0 bridgehead atoms. The van der Waals surface area contributed by atoms with Gasteiger partial charge in [0, 0.05) is 31.1 Å². The van der Waals surface area contributed by atoms with Crippen LogP contribution in [0.1, 0.15) is 49.5 Å². The molecule has 1 saturated heterocycles. The Kier molecular flexibility index (Phi) is 5.83. The largest absolute Gasteiger partial charge is 0.494 e. The monoisotopic (exact) mass is 435 g/mol. The topological polar surface area (TPSA) is 102 Å². The number of carbonyl (C=O) groups is 2. The molecule has 2 fully saturated rings. The number of hydrogen-bond acceptors (Lipinski definition) is 5. The van der Waals surface area contributed by atoms with E-state index in [0.717, 1.165) is 30.6 Å². The molecule has 1 aromatic carbocycles. The van der Waals surface area contributed by atoms with Crippen molar-refractivity contribution >= 4 is 17.6 Å². The molecule has 4 rings (SSSR count). The van der Waals surface area contributed by atoms with E-state index in [0.29, 0.717) is 36.8 Å². The number of nitrogens with two attached hydrogens (primary N) is 1. The highest BCUT2D eigenvalue weighted by molar-refractivity contribution is 6.04. The standard InChI is InChI=1S/C24H29N5O3/c1-4-6-19(30)28-14-24(15-28)12-17(13-24)29-22(25)20(23(31)26-3)21(27-29)16-7-9-18(10-8-16)32-11-5-2/h7-10,17H,5,11-15,25H2,1-3H3,(H,26,31). The predicted molar refractivity (Wildman–Crippen MR) is 122 cm³/mol. The molecule has 0 radical (unpaired) electrons. The molecule has 0 unspecified atom stereocenters. The highest BCUT2D eigenvalue weighted by Crippen LogP contribution is 2.54. The van der Waals surface area contributed by atoms with Crippen LogP contribution in [-0.4, -0.2) is 53.2 Å². The molecule has 1 aliphatic carbocycles. The van der Waals surface area contributed by atoms with E-state index >= 15 is 0 Å². The van der Waals surface area contributed by atoms with Crippen molar-refractivity contribution in [3.05, 3.63) is 29.8 Å². The SMILES string of the molecule is CC#CC(=O)N1CC2(CC(n3nc(-c4ccc(OCCC)cc4)c(C(=O)NC)c3N)C2)C1. The van der Waals surface area contributed by atoms with Gasteiger partial charge >= 0.3 is 0 Å². The first-order valence-corrected chi connectivity index (χ1v) is 11.0. The van der Waals surface area contributed by atoms with Crippen molar-refractivity contribution in [1.29, 1.82) is 0 Å². The molecule has 1 spiro atoms. The van der Waals surface area contributed by atoms with Gasteiger partial charge in [-0.25, -0.2) is 4.68 Å². The number of nitrogen functional groups attached to an aromatic ring is 1. The lowest BCUT2D eigenvalue weighted by Crippen LogP contribution is -2.63. The number of benzene rings is 1. The van der Waals surface area contributed by atoms with Gasteiger partial charge in [-0.2, -0.15) is 5.10 Å². The molecule has 3 N–H and O–H groups in total. The summed E-state index contributed by atoms with van der Waals surface area (Å²) in [6.45, 7) is 5.81. The maximum atomic E-state index is 12.6. The van der Waals surface area contributed by atoms with Crippen LogP contribution in [0, 0.1) is 17.3 Å².